The maximum absolute atomic E-state index is 9.53. The average Bonchev–Trinajstić information content (AvgIpc) is 3.51. The highest BCUT2D eigenvalue weighted by molar-refractivity contribution is 7.11. The summed E-state index contributed by atoms with van der Waals surface area (Å²) in [4.78, 5) is 17.7. The number of benzene rings is 1. The topological polar surface area (TPSA) is 107 Å². The van der Waals surface area contributed by atoms with Gasteiger partial charge in [-0.25, -0.2) is 19.9 Å². The number of nitrogens with one attached hydrogen (secondary N) is 3. The number of aliphatic hydroxyl groups excluding tert-OH is 1. The Morgan fingerprint density at radius 2 is 1.97 bits per heavy atom. The molecule has 3 aromatic rings. The predicted molar refractivity (Wildman–Crippen MR) is 127 cm³/mol. The van der Waals surface area contributed by atoms with Crippen LogP contribution in [0.5, 0.6) is 0 Å². The number of nitrogens with zero attached hydrogens (tertiary/aromatic N) is 4. The Morgan fingerprint density at radius 1 is 1.12 bits per heavy atom. The van der Waals surface area contributed by atoms with Crippen molar-refractivity contribution in [1.82, 2.24) is 25.6 Å². The molecule has 1 aliphatic carbocycles. The van der Waals surface area contributed by atoms with E-state index in [-0.39, 0.29) is 6.61 Å². The highest BCUT2D eigenvalue weighted by atomic mass is 32.1. The molecule has 9 heteroatoms. The highest BCUT2D eigenvalue weighted by Gasteiger charge is 2.27. The van der Waals surface area contributed by atoms with Gasteiger partial charge in [-0.05, 0) is 25.2 Å². The zero-order chi connectivity index (χ0) is 21.8. The molecular formula is C23H25N7OS. The van der Waals surface area contributed by atoms with Gasteiger partial charge in [0.15, 0.2) is 0 Å². The first-order valence-electron chi connectivity index (χ1n) is 10.7. The van der Waals surface area contributed by atoms with Crippen LogP contribution in [0, 0.1) is 5.92 Å². The Labute approximate surface area is 190 Å². The molecule has 2 aromatic heterocycles. The number of thiazole rings is 1. The van der Waals surface area contributed by atoms with E-state index in [1.807, 2.05) is 18.2 Å². The Bertz CT molecular complexity index is 1110. The molecule has 2 atom stereocenters. The normalized spacial score (nSPS) is 20.6. The molecule has 0 bridgehead atoms. The van der Waals surface area contributed by atoms with Gasteiger partial charge < -0.3 is 21.1 Å². The van der Waals surface area contributed by atoms with Crippen molar-refractivity contribution in [2.45, 2.75) is 25.3 Å². The molecule has 2 unspecified atom stereocenters. The van der Waals surface area contributed by atoms with Gasteiger partial charge in [0.25, 0.3) is 0 Å². The molecular weight excluding hydrogens is 422 g/mol. The van der Waals surface area contributed by atoms with Crippen LogP contribution < -0.4 is 16.0 Å². The van der Waals surface area contributed by atoms with Gasteiger partial charge in [0.2, 0.25) is 5.96 Å². The molecule has 0 radical (unpaired) electrons. The molecule has 0 spiro atoms. The smallest absolute Gasteiger partial charge is 0.201 e. The maximum Gasteiger partial charge on any atom is 0.201 e. The average molecular weight is 448 g/mol. The SMILES string of the molecule is OCC1CCC(NC2=C(c3nc(-c4ccccc4)cs3)CN=C(Nc3cncnc3)N2)C1. The van der Waals surface area contributed by atoms with Crippen molar-refractivity contribution < 1.29 is 5.11 Å². The maximum atomic E-state index is 9.53. The minimum absolute atomic E-state index is 0.243. The first-order valence-corrected chi connectivity index (χ1v) is 11.6. The van der Waals surface area contributed by atoms with Crippen LogP contribution >= 0.6 is 11.3 Å². The molecule has 1 aliphatic heterocycles. The van der Waals surface area contributed by atoms with Crippen molar-refractivity contribution in [2.24, 2.45) is 10.9 Å². The van der Waals surface area contributed by atoms with Crippen molar-refractivity contribution >= 4 is 28.6 Å². The Balaban J connectivity index is 1.40. The minimum atomic E-state index is 0.243. The molecule has 1 aromatic carbocycles. The van der Waals surface area contributed by atoms with E-state index in [2.05, 4.69) is 48.4 Å². The number of hydrogen-bond acceptors (Lipinski definition) is 9. The van der Waals surface area contributed by atoms with Gasteiger partial charge >= 0.3 is 0 Å². The monoisotopic (exact) mass is 447 g/mol. The van der Waals surface area contributed by atoms with Gasteiger partial charge in [-0.1, -0.05) is 30.3 Å². The molecule has 2 aliphatic rings. The van der Waals surface area contributed by atoms with Crippen LogP contribution in [-0.2, 0) is 0 Å². The predicted octanol–water partition coefficient (Wildman–Crippen LogP) is 3.09. The van der Waals surface area contributed by atoms with E-state index in [9.17, 15) is 5.11 Å². The van der Waals surface area contributed by atoms with E-state index < -0.39 is 0 Å². The Morgan fingerprint density at radius 3 is 2.75 bits per heavy atom. The largest absolute Gasteiger partial charge is 0.396 e. The number of rotatable bonds is 6. The molecule has 0 amide bonds. The number of guanidine groups is 1. The van der Waals surface area contributed by atoms with Crippen LogP contribution in [0.1, 0.15) is 24.3 Å². The van der Waals surface area contributed by atoms with Crippen molar-refractivity contribution in [3.05, 3.63) is 65.3 Å². The number of aliphatic imine (C=N–C) groups is 1. The highest BCUT2D eigenvalue weighted by Crippen LogP contribution is 2.30. The lowest BCUT2D eigenvalue weighted by molar-refractivity contribution is 0.228. The van der Waals surface area contributed by atoms with E-state index in [4.69, 9.17) is 4.98 Å². The van der Waals surface area contributed by atoms with Crippen molar-refractivity contribution in [3.63, 3.8) is 0 Å². The van der Waals surface area contributed by atoms with E-state index in [1.165, 1.54) is 6.33 Å². The minimum Gasteiger partial charge on any atom is -0.396 e. The summed E-state index contributed by atoms with van der Waals surface area (Å²) in [5.74, 6) is 1.91. The standard InChI is InChI=1S/C23H25N7OS/c31-12-15-6-7-17(8-15)27-21-19(11-26-23(30-21)28-18-9-24-14-25-10-18)22-29-20(13-32-22)16-4-2-1-3-5-16/h1-5,9-10,13-15,17,27,31H,6-8,11-12H2,(H2,26,28,30). The lowest BCUT2D eigenvalue weighted by Crippen LogP contribution is -2.42. The fraction of sp³-hybridized carbons (Fsp3) is 0.304. The number of aliphatic hydroxyl groups is 1. The third-order valence-electron chi connectivity index (χ3n) is 5.74. The summed E-state index contributed by atoms with van der Waals surface area (Å²) >= 11 is 1.62. The van der Waals surface area contributed by atoms with Crippen molar-refractivity contribution in [2.75, 3.05) is 18.5 Å². The van der Waals surface area contributed by atoms with Crippen molar-refractivity contribution in [3.8, 4) is 11.3 Å². The Kier molecular flexibility index (Phi) is 6.09. The Hall–Kier alpha value is -3.30. The van der Waals surface area contributed by atoms with Gasteiger partial charge in [-0.3, -0.25) is 0 Å². The number of anilines is 1. The van der Waals surface area contributed by atoms with Gasteiger partial charge in [0.1, 0.15) is 17.2 Å². The third-order valence-corrected chi connectivity index (χ3v) is 6.65. The van der Waals surface area contributed by atoms with E-state index in [0.717, 1.165) is 52.6 Å². The second-order valence-corrected chi connectivity index (χ2v) is 8.86. The number of aromatic nitrogens is 3. The van der Waals surface area contributed by atoms with Crippen LogP contribution in [0.15, 0.2) is 65.2 Å². The van der Waals surface area contributed by atoms with Crippen molar-refractivity contribution in [1.29, 1.82) is 0 Å². The summed E-state index contributed by atoms with van der Waals surface area (Å²) in [5, 5.41) is 22.9. The van der Waals surface area contributed by atoms with Crippen LogP contribution in [0.4, 0.5) is 5.69 Å². The fourth-order valence-electron chi connectivity index (χ4n) is 4.07. The third kappa shape index (κ3) is 4.63. The molecule has 8 nitrogen and oxygen atoms in total. The van der Waals surface area contributed by atoms with E-state index in [0.29, 0.717) is 24.5 Å². The molecule has 1 saturated carbocycles. The molecule has 5 rings (SSSR count). The zero-order valence-corrected chi connectivity index (χ0v) is 18.3. The first-order chi connectivity index (χ1) is 15.8. The molecule has 32 heavy (non-hydrogen) atoms. The summed E-state index contributed by atoms with van der Waals surface area (Å²) < 4.78 is 0. The van der Waals surface area contributed by atoms with Crippen LogP contribution in [0.2, 0.25) is 0 Å². The van der Waals surface area contributed by atoms with Gasteiger partial charge in [0, 0.05) is 29.2 Å². The molecule has 1 fully saturated rings. The summed E-state index contributed by atoms with van der Waals surface area (Å²) in [6.07, 6.45) is 7.93. The summed E-state index contributed by atoms with van der Waals surface area (Å²) in [6, 6.07) is 10.5. The lowest BCUT2D eigenvalue weighted by Gasteiger charge is -2.25. The summed E-state index contributed by atoms with van der Waals surface area (Å²) in [7, 11) is 0. The summed E-state index contributed by atoms with van der Waals surface area (Å²) in [6.45, 7) is 0.746. The molecule has 3 heterocycles. The second kappa shape index (κ2) is 9.46. The first kappa shape index (κ1) is 20.6. The second-order valence-electron chi connectivity index (χ2n) is 8.00. The van der Waals surface area contributed by atoms with Crippen LogP contribution in [-0.4, -0.2) is 45.2 Å². The lowest BCUT2D eigenvalue weighted by atomic mass is 10.1. The molecule has 164 valence electrons. The zero-order valence-electron chi connectivity index (χ0n) is 17.5. The molecule has 4 N–H and O–H groups in total. The van der Waals surface area contributed by atoms with Crippen LogP contribution in [0.3, 0.4) is 0 Å². The quantitative estimate of drug-likeness (QED) is 0.460. The van der Waals surface area contributed by atoms with E-state index in [1.54, 1.807) is 23.7 Å². The van der Waals surface area contributed by atoms with Crippen LogP contribution in [0.25, 0.3) is 16.8 Å². The van der Waals surface area contributed by atoms with E-state index >= 15 is 0 Å². The number of hydrogen-bond donors (Lipinski definition) is 4. The fourth-order valence-corrected chi connectivity index (χ4v) is 4.94. The van der Waals surface area contributed by atoms with Gasteiger partial charge in [0.05, 0.1) is 30.3 Å². The van der Waals surface area contributed by atoms with Gasteiger partial charge in [-0.15, -0.1) is 11.3 Å². The summed E-state index contributed by atoms with van der Waals surface area (Å²) in [5.41, 5.74) is 3.88. The van der Waals surface area contributed by atoms with Gasteiger partial charge in [-0.2, -0.15) is 0 Å². The molecule has 0 saturated heterocycles.